The molecule has 0 saturated heterocycles. The molecule has 2 aromatic rings. The van der Waals surface area contributed by atoms with Crippen molar-refractivity contribution in [3.05, 3.63) is 58.7 Å². The van der Waals surface area contributed by atoms with Gasteiger partial charge < -0.3 is 5.73 Å². The second kappa shape index (κ2) is 5.93. The lowest BCUT2D eigenvalue weighted by Crippen LogP contribution is -2.17. The summed E-state index contributed by atoms with van der Waals surface area (Å²) in [6.07, 6.45) is 4.75. The molecule has 1 heterocycles. The van der Waals surface area contributed by atoms with Crippen molar-refractivity contribution >= 4 is 0 Å². The fourth-order valence-corrected chi connectivity index (χ4v) is 2.32. The molecule has 0 aliphatic rings. The second-order valence-corrected chi connectivity index (χ2v) is 4.95. The van der Waals surface area contributed by atoms with Crippen molar-refractivity contribution in [1.29, 1.82) is 0 Å². The number of nitrogens with zero attached hydrogens (tertiary/aromatic N) is 2. The van der Waals surface area contributed by atoms with Gasteiger partial charge in [0.25, 0.3) is 0 Å². The molecule has 1 aromatic carbocycles. The molecule has 0 amide bonds. The Hall–Kier alpha value is -1.74. The Balaban J connectivity index is 2.37. The van der Waals surface area contributed by atoms with Gasteiger partial charge in [-0.1, -0.05) is 30.7 Å². The average Bonchev–Trinajstić information content (AvgIpc) is 2.42. The number of hydrogen-bond acceptors (Lipinski definition) is 3. The lowest BCUT2D eigenvalue weighted by molar-refractivity contribution is 0.740. The highest BCUT2D eigenvalue weighted by Crippen LogP contribution is 2.24. The first-order chi connectivity index (χ1) is 9.15. The first kappa shape index (κ1) is 13.7. The van der Waals surface area contributed by atoms with E-state index in [9.17, 15) is 0 Å². The molecule has 0 saturated carbocycles. The fourth-order valence-electron chi connectivity index (χ4n) is 2.32. The minimum absolute atomic E-state index is 0.0755. The number of aryl methyl sites for hydroxylation is 3. The van der Waals surface area contributed by atoms with Crippen molar-refractivity contribution in [2.24, 2.45) is 5.73 Å². The molecule has 1 aromatic heterocycles. The van der Waals surface area contributed by atoms with Crippen LogP contribution < -0.4 is 5.73 Å². The molecule has 0 fully saturated rings. The zero-order valence-electron chi connectivity index (χ0n) is 11.9. The Morgan fingerprint density at radius 3 is 2.37 bits per heavy atom. The van der Waals surface area contributed by atoms with E-state index in [1.807, 2.05) is 12.4 Å². The highest BCUT2D eigenvalue weighted by molar-refractivity contribution is 5.36. The van der Waals surface area contributed by atoms with Gasteiger partial charge in [0.1, 0.15) is 5.82 Å². The highest BCUT2D eigenvalue weighted by atomic mass is 14.9. The normalized spacial score (nSPS) is 12.4. The third-order valence-corrected chi connectivity index (χ3v) is 3.48. The zero-order valence-corrected chi connectivity index (χ0v) is 11.9. The van der Waals surface area contributed by atoms with E-state index in [0.717, 1.165) is 17.8 Å². The van der Waals surface area contributed by atoms with E-state index >= 15 is 0 Å². The maximum atomic E-state index is 5.93. The summed E-state index contributed by atoms with van der Waals surface area (Å²) in [5, 5.41) is 0. The van der Waals surface area contributed by atoms with Crippen LogP contribution in [0.2, 0.25) is 0 Å². The summed E-state index contributed by atoms with van der Waals surface area (Å²) in [5.41, 5.74) is 10.8. The first-order valence-electron chi connectivity index (χ1n) is 6.73. The first-order valence-corrected chi connectivity index (χ1v) is 6.73. The van der Waals surface area contributed by atoms with Crippen molar-refractivity contribution in [3.8, 4) is 0 Å². The fraction of sp³-hybridized carbons (Fsp3) is 0.375. The van der Waals surface area contributed by atoms with Crippen LogP contribution in [-0.4, -0.2) is 16.5 Å². The van der Waals surface area contributed by atoms with Crippen LogP contribution in [0.5, 0.6) is 0 Å². The minimum atomic E-state index is 0.0755. The highest BCUT2D eigenvalue weighted by Gasteiger charge is 2.17. The van der Waals surface area contributed by atoms with Crippen LogP contribution in [0.4, 0.5) is 0 Å². The van der Waals surface area contributed by atoms with E-state index in [2.05, 4.69) is 48.9 Å². The maximum Gasteiger partial charge on any atom is 0.136 e. The topological polar surface area (TPSA) is 51.8 Å². The Bertz CT molecular complexity index is 546. The Morgan fingerprint density at radius 2 is 1.84 bits per heavy atom. The van der Waals surface area contributed by atoms with Gasteiger partial charge in [0, 0.05) is 18.9 Å². The van der Waals surface area contributed by atoms with Crippen molar-refractivity contribution in [3.63, 3.8) is 0 Å². The molecule has 0 aliphatic carbocycles. The van der Waals surface area contributed by atoms with Gasteiger partial charge in [0.05, 0.1) is 5.92 Å². The van der Waals surface area contributed by atoms with Gasteiger partial charge in [-0.2, -0.15) is 0 Å². The van der Waals surface area contributed by atoms with Crippen LogP contribution in [0.25, 0.3) is 0 Å². The van der Waals surface area contributed by atoms with E-state index in [0.29, 0.717) is 6.54 Å². The monoisotopic (exact) mass is 255 g/mol. The molecular formula is C16H21N3. The van der Waals surface area contributed by atoms with Gasteiger partial charge >= 0.3 is 0 Å². The van der Waals surface area contributed by atoms with E-state index < -0.39 is 0 Å². The molecule has 0 radical (unpaired) electrons. The molecule has 1 atom stereocenters. The van der Waals surface area contributed by atoms with Crippen LogP contribution in [0.1, 0.15) is 40.9 Å². The third-order valence-electron chi connectivity index (χ3n) is 3.48. The summed E-state index contributed by atoms with van der Waals surface area (Å²) in [7, 11) is 0. The van der Waals surface area contributed by atoms with Crippen molar-refractivity contribution in [2.45, 2.75) is 33.1 Å². The Kier molecular flexibility index (Phi) is 4.27. The SMILES string of the molecule is CCc1cnc([C@H](CN)c2ccc(C)cc2C)nc1. The summed E-state index contributed by atoms with van der Waals surface area (Å²) in [5.74, 6) is 0.887. The maximum absolute atomic E-state index is 5.93. The van der Waals surface area contributed by atoms with Crippen molar-refractivity contribution in [1.82, 2.24) is 9.97 Å². The minimum Gasteiger partial charge on any atom is -0.329 e. The predicted molar refractivity (Wildman–Crippen MR) is 78.2 cm³/mol. The summed E-state index contributed by atoms with van der Waals surface area (Å²) in [6, 6.07) is 6.43. The average molecular weight is 255 g/mol. The predicted octanol–water partition coefficient (Wildman–Crippen LogP) is 2.75. The smallest absolute Gasteiger partial charge is 0.136 e. The second-order valence-electron chi connectivity index (χ2n) is 4.95. The molecular weight excluding hydrogens is 234 g/mol. The van der Waals surface area contributed by atoms with Crippen LogP contribution in [0.15, 0.2) is 30.6 Å². The number of benzene rings is 1. The van der Waals surface area contributed by atoms with Gasteiger partial charge in [0.2, 0.25) is 0 Å². The summed E-state index contributed by atoms with van der Waals surface area (Å²) in [4.78, 5) is 8.94. The number of nitrogens with two attached hydrogens (primary N) is 1. The lowest BCUT2D eigenvalue weighted by Gasteiger charge is -2.17. The zero-order chi connectivity index (χ0) is 13.8. The van der Waals surface area contributed by atoms with Gasteiger partial charge in [-0.3, -0.25) is 0 Å². The van der Waals surface area contributed by atoms with E-state index in [4.69, 9.17) is 5.73 Å². The van der Waals surface area contributed by atoms with Crippen LogP contribution >= 0.6 is 0 Å². The largest absolute Gasteiger partial charge is 0.329 e. The molecule has 3 heteroatoms. The van der Waals surface area contributed by atoms with Gasteiger partial charge in [-0.05, 0) is 37.0 Å². The molecule has 3 nitrogen and oxygen atoms in total. The van der Waals surface area contributed by atoms with Gasteiger partial charge in [0.15, 0.2) is 0 Å². The Morgan fingerprint density at radius 1 is 1.16 bits per heavy atom. The molecule has 0 aliphatic heterocycles. The van der Waals surface area contributed by atoms with E-state index in [-0.39, 0.29) is 5.92 Å². The number of rotatable bonds is 4. The summed E-state index contributed by atoms with van der Waals surface area (Å²) in [6.45, 7) is 6.84. The quantitative estimate of drug-likeness (QED) is 0.914. The summed E-state index contributed by atoms with van der Waals surface area (Å²) >= 11 is 0. The van der Waals surface area contributed by atoms with E-state index in [1.54, 1.807) is 0 Å². The van der Waals surface area contributed by atoms with Crippen LogP contribution in [-0.2, 0) is 6.42 Å². The molecule has 2 rings (SSSR count). The Labute approximate surface area is 114 Å². The van der Waals surface area contributed by atoms with Crippen LogP contribution in [0, 0.1) is 13.8 Å². The van der Waals surface area contributed by atoms with Crippen LogP contribution in [0.3, 0.4) is 0 Å². The van der Waals surface area contributed by atoms with Crippen molar-refractivity contribution in [2.75, 3.05) is 6.54 Å². The number of aromatic nitrogens is 2. The van der Waals surface area contributed by atoms with Crippen molar-refractivity contribution < 1.29 is 0 Å². The molecule has 2 N–H and O–H groups in total. The number of hydrogen-bond donors (Lipinski definition) is 1. The van der Waals surface area contributed by atoms with Gasteiger partial charge in [-0.25, -0.2) is 9.97 Å². The lowest BCUT2D eigenvalue weighted by atomic mass is 9.93. The van der Waals surface area contributed by atoms with E-state index in [1.165, 1.54) is 16.7 Å². The molecule has 100 valence electrons. The summed E-state index contributed by atoms with van der Waals surface area (Å²) < 4.78 is 0. The van der Waals surface area contributed by atoms with Gasteiger partial charge in [-0.15, -0.1) is 0 Å². The third kappa shape index (κ3) is 2.99. The molecule has 0 bridgehead atoms. The molecule has 19 heavy (non-hydrogen) atoms. The standard InChI is InChI=1S/C16H21N3/c1-4-13-9-18-16(19-10-13)15(8-17)14-6-5-11(2)7-12(14)3/h5-7,9-10,15H,4,8,17H2,1-3H3/t15-/m1/s1. The molecule has 0 unspecified atom stereocenters. The molecule has 0 spiro atoms.